The molecule has 0 atom stereocenters. The van der Waals surface area contributed by atoms with E-state index in [0.717, 1.165) is 37.1 Å². The van der Waals surface area contributed by atoms with Crippen LogP contribution in [-0.2, 0) is 19.4 Å². The summed E-state index contributed by atoms with van der Waals surface area (Å²) in [6.07, 6.45) is 5.43. The highest BCUT2D eigenvalue weighted by Gasteiger charge is 2.18. The van der Waals surface area contributed by atoms with Crippen LogP contribution in [0.15, 0.2) is 0 Å². The van der Waals surface area contributed by atoms with Crippen molar-refractivity contribution in [1.29, 1.82) is 0 Å². The molecule has 0 fully saturated rings. The van der Waals surface area contributed by atoms with E-state index in [-0.39, 0.29) is 0 Å². The quantitative estimate of drug-likeness (QED) is 0.645. The number of rotatable bonds is 2. The van der Waals surface area contributed by atoms with Gasteiger partial charge in [0, 0.05) is 12.1 Å². The van der Waals surface area contributed by atoms with Gasteiger partial charge in [0.25, 0.3) is 0 Å². The summed E-state index contributed by atoms with van der Waals surface area (Å²) in [6.45, 7) is 2.81. The summed E-state index contributed by atoms with van der Waals surface area (Å²) in [7, 11) is 0. The fraction of sp³-hybridized carbons (Fsp3) is 0.600. The van der Waals surface area contributed by atoms with Crippen molar-refractivity contribution in [3.05, 3.63) is 17.0 Å². The Bertz CT molecular complexity index is 328. The topological polar surface area (TPSA) is 34.9 Å². The Hall–Kier alpha value is -1.12. The molecule has 0 saturated carbocycles. The molecule has 0 amide bonds. The van der Waals surface area contributed by atoms with Crippen LogP contribution in [-0.4, -0.2) is 16.1 Å². The highest BCUT2D eigenvalue weighted by atomic mass is 16.1. The zero-order valence-electron chi connectivity index (χ0n) is 7.92. The van der Waals surface area contributed by atoms with Crippen molar-refractivity contribution in [2.24, 2.45) is 0 Å². The summed E-state index contributed by atoms with van der Waals surface area (Å²) in [5, 5.41) is 4.43. The Labute approximate surface area is 77.7 Å². The third-order valence-electron chi connectivity index (χ3n) is 2.68. The molecule has 3 nitrogen and oxygen atoms in total. The molecule has 2 rings (SSSR count). The lowest BCUT2D eigenvalue weighted by Gasteiger charge is -2.08. The molecule has 0 bridgehead atoms. The third kappa shape index (κ3) is 1.28. The summed E-state index contributed by atoms with van der Waals surface area (Å²) < 4.78 is 1.82. The highest BCUT2D eigenvalue weighted by Crippen LogP contribution is 2.22. The van der Waals surface area contributed by atoms with E-state index in [1.165, 1.54) is 18.4 Å². The number of aryl methyl sites for hydroxylation is 2. The first-order chi connectivity index (χ1) is 6.36. The first-order valence-corrected chi connectivity index (χ1v) is 4.90. The van der Waals surface area contributed by atoms with Crippen LogP contribution >= 0.6 is 0 Å². The summed E-state index contributed by atoms with van der Waals surface area (Å²) in [6, 6.07) is 0. The molecule has 13 heavy (non-hydrogen) atoms. The number of nitrogens with zero attached hydrogens (tertiary/aromatic N) is 2. The molecule has 1 aliphatic rings. The SMILES string of the molecule is CCn1nc2c(c1C=O)CCCC2. The van der Waals surface area contributed by atoms with Crippen LogP contribution in [0.5, 0.6) is 0 Å². The van der Waals surface area contributed by atoms with Crippen LogP contribution in [0.25, 0.3) is 0 Å². The average molecular weight is 178 g/mol. The van der Waals surface area contributed by atoms with Gasteiger partial charge in [0.1, 0.15) is 5.69 Å². The Morgan fingerprint density at radius 3 is 2.92 bits per heavy atom. The van der Waals surface area contributed by atoms with E-state index in [2.05, 4.69) is 5.10 Å². The van der Waals surface area contributed by atoms with Gasteiger partial charge in [-0.3, -0.25) is 9.48 Å². The number of carbonyl (C=O) groups excluding carboxylic acids is 1. The maximum atomic E-state index is 10.9. The van der Waals surface area contributed by atoms with Gasteiger partial charge in [-0.05, 0) is 32.6 Å². The molecule has 70 valence electrons. The van der Waals surface area contributed by atoms with Gasteiger partial charge in [-0.2, -0.15) is 5.10 Å². The van der Waals surface area contributed by atoms with Gasteiger partial charge in [0.2, 0.25) is 0 Å². The van der Waals surface area contributed by atoms with Crippen molar-refractivity contribution in [3.8, 4) is 0 Å². The fourth-order valence-corrected chi connectivity index (χ4v) is 2.00. The molecular weight excluding hydrogens is 164 g/mol. The van der Waals surface area contributed by atoms with Crippen molar-refractivity contribution in [1.82, 2.24) is 9.78 Å². The molecule has 1 heterocycles. The van der Waals surface area contributed by atoms with Gasteiger partial charge < -0.3 is 0 Å². The smallest absolute Gasteiger partial charge is 0.168 e. The van der Waals surface area contributed by atoms with Crippen molar-refractivity contribution >= 4 is 6.29 Å². The van der Waals surface area contributed by atoms with Crippen LogP contribution in [0.4, 0.5) is 0 Å². The molecule has 3 heteroatoms. The molecule has 0 saturated heterocycles. The Balaban J connectivity index is 2.50. The lowest BCUT2D eigenvalue weighted by Crippen LogP contribution is -2.03. The Kier molecular flexibility index (Phi) is 2.17. The van der Waals surface area contributed by atoms with Crippen LogP contribution < -0.4 is 0 Å². The third-order valence-corrected chi connectivity index (χ3v) is 2.68. The van der Waals surface area contributed by atoms with Crippen molar-refractivity contribution in [3.63, 3.8) is 0 Å². The van der Waals surface area contributed by atoms with Crippen LogP contribution in [0.1, 0.15) is 41.5 Å². The van der Waals surface area contributed by atoms with Gasteiger partial charge in [-0.25, -0.2) is 0 Å². The zero-order valence-corrected chi connectivity index (χ0v) is 7.92. The number of hydrogen-bond acceptors (Lipinski definition) is 2. The second-order valence-electron chi connectivity index (χ2n) is 3.45. The van der Waals surface area contributed by atoms with Gasteiger partial charge in [-0.1, -0.05) is 0 Å². The minimum atomic E-state index is 0.793. The van der Waals surface area contributed by atoms with E-state index < -0.39 is 0 Å². The standard InChI is InChI=1S/C10H14N2O/c1-2-12-10(7-13)8-5-3-4-6-9(8)11-12/h7H,2-6H2,1H3. The van der Waals surface area contributed by atoms with Gasteiger partial charge in [0.15, 0.2) is 6.29 Å². The normalized spacial score (nSPS) is 15.5. The van der Waals surface area contributed by atoms with Crippen LogP contribution in [0, 0.1) is 0 Å². The molecule has 0 spiro atoms. The minimum Gasteiger partial charge on any atom is -0.296 e. The molecule has 1 aliphatic carbocycles. The number of carbonyl (C=O) groups is 1. The predicted molar refractivity (Wildman–Crippen MR) is 49.9 cm³/mol. The molecular formula is C10H14N2O. The van der Waals surface area contributed by atoms with E-state index >= 15 is 0 Å². The number of aldehydes is 1. The first kappa shape index (κ1) is 8.48. The first-order valence-electron chi connectivity index (χ1n) is 4.90. The summed E-state index contributed by atoms with van der Waals surface area (Å²) in [5.41, 5.74) is 3.15. The maximum absolute atomic E-state index is 10.9. The number of aromatic nitrogens is 2. The van der Waals surface area contributed by atoms with E-state index in [0.29, 0.717) is 0 Å². The monoisotopic (exact) mass is 178 g/mol. The second-order valence-corrected chi connectivity index (χ2v) is 3.45. The largest absolute Gasteiger partial charge is 0.296 e. The van der Waals surface area contributed by atoms with Gasteiger partial charge >= 0.3 is 0 Å². The van der Waals surface area contributed by atoms with E-state index in [4.69, 9.17) is 0 Å². The lowest BCUT2D eigenvalue weighted by molar-refractivity contribution is 0.111. The van der Waals surface area contributed by atoms with Crippen molar-refractivity contribution < 1.29 is 4.79 Å². The van der Waals surface area contributed by atoms with Crippen LogP contribution in [0.3, 0.4) is 0 Å². The molecule has 0 N–H and O–H groups in total. The second kappa shape index (κ2) is 3.32. The molecule has 0 aromatic carbocycles. The Morgan fingerprint density at radius 2 is 2.23 bits per heavy atom. The fourth-order valence-electron chi connectivity index (χ4n) is 2.00. The van der Waals surface area contributed by atoms with E-state index in [9.17, 15) is 4.79 Å². The highest BCUT2D eigenvalue weighted by molar-refractivity contribution is 5.75. The Morgan fingerprint density at radius 1 is 1.46 bits per heavy atom. The van der Waals surface area contributed by atoms with Crippen molar-refractivity contribution in [2.75, 3.05) is 0 Å². The van der Waals surface area contributed by atoms with Gasteiger partial charge in [-0.15, -0.1) is 0 Å². The molecule has 0 radical (unpaired) electrons. The predicted octanol–water partition coefficient (Wildman–Crippen LogP) is 1.59. The van der Waals surface area contributed by atoms with E-state index in [1.807, 2.05) is 11.6 Å². The molecule has 1 aromatic heterocycles. The lowest BCUT2D eigenvalue weighted by atomic mass is 9.96. The molecule has 1 aromatic rings. The van der Waals surface area contributed by atoms with Crippen molar-refractivity contribution in [2.45, 2.75) is 39.2 Å². The molecule has 0 unspecified atom stereocenters. The molecule has 0 aliphatic heterocycles. The number of hydrogen-bond donors (Lipinski definition) is 0. The van der Waals surface area contributed by atoms with Gasteiger partial charge in [0.05, 0.1) is 5.69 Å². The van der Waals surface area contributed by atoms with E-state index in [1.54, 1.807) is 0 Å². The van der Waals surface area contributed by atoms with Crippen LogP contribution in [0.2, 0.25) is 0 Å². The number of fused-ring (bicyclic) bond motifs is 1. The summed E-state index contributed by atoms with van der Waals surface area (Å²) in [5.74, 6) is 0. The zero-order chi connectivity index (χ0) is 9.26. The summed E-state index contributed by atoms with van der Waals surface area (Å²) >= 11 is 0. The maximum Gasteiger partial charge on any atom is 0.168 e. The average Bonchev–Trinajstić information content (AvgIpc) is 2.55. The minimum absolute atomic E-state index is 0.793. The summed E-state index contributed by atoms with van der Waals surface area (Å²) in [4.78, 5) is 10.9.